The van der Waals surface area contributed by atoms with Crippen LogP contribution in [0.4, 0.5) is 4.79 Å². The molecule has 0 aliphatic heterocycles. The van der Waals surface area contributed by atoms with Crippen LogP contribution in [0.1, 0.15) is 19.8 Å². The summed E-state index contributed by atoms with van der Waals surface area (Å²) in [7, 11) is 0. The predicted molar refractivity (Wildman–Crippen MR) is 70.1 cm³/mol. The van der Waals surface area contributed by atoms with Crippen molar-refractivity contribution in [3.05, 3.63) is 0 Å². The maximum Gasteiger partial charge on any atom is 0.328 e. The number of amides is 3. The Hall–Kier alpha value is -2.85. The minimum absolute atomic E-state index is 0.327. The summed E-state index contributed by atoms with van der Waals surface area (Å²) in [4.78, 5) is 54.3. The highest BCUT2D eigenvalue weighted by Gasteiger charge is 2.23. The molecule has 0 bridgehead atoms. The summed E-state index contributed by atoms with van der Waals surface area (Å²) in [6, 6.07) is -3.79. The standard InChI is InChI=1S/C11H17N3O8/c1-5(15)13-7(10(20)21)4-12-11(22)14-6(9(18)19)2-3-8(16)17/h6-7H,2-4H2,1H3,(H,13,15)(H,16,17)(H,18,19)(H,20,21)(H2,12,14,22). The number of hydrogen-bond acceptors (Lipinski definition) is 5. The Morgan fingerprint density at radius 1 is 0.909 bits per heavy atom. The van der Waals surface area contributed by atoms with Crippen LogP contribution in [-0.2, 0) is 19.2 Å². The Bertz CT molecular complexity index is 464. The van der Waals surface area contributed by atoms with E-state index in [-0.39, 0.29) is 6.42 Å². The SMILES string of the molecule is CC(=O)NC(CNC(=O)NC(CCC(=O)O)C(=O)O)C(=O)O. The van der Waals surface area contributed by atoms with E-state index in [1.54, 1.807) is 0 Å². The molecule has 3 amide bonds. The van der Waals surface area contributed by atoms with E-state index in [0.29, 0.717) is 0 Å². The van der Waals surface area contributed by atoms with Crippen molar-refractivity contribution in [2.45, 2.75) is 31.8 Å². The van der Waals surface area contributed by atoms with E-state index in [1.165, 1.54) is 0 Å². The number of rotatable bonds is 9. The van der Waals surface area contributed by atoms with Gasteiger partial charge in [-0.15, -0.1) is 0 Å². The Morgan fingerprint density at radius 2 is 1.45 bits per heavy atom. The summed E-state index contributed by atoms with van der Waals surface area (Å²) in [5.74, 6) is -4.63. The van der Waals surface area contributed by atoms with Gasteiger partial charge >= 0.3 is 23.9 Å². The van der Waals surface area contributed by atoms with Gasteiger partial charge in [0.2, 0.25) is 5.91 Å². The van der Waals surface area contributed by atoms with Crippen LogP contribution in [0.15, 0.2) is 0 Å². The lowest BCUT2D eigenvalue weighted by Gasteiger charge is -2.17. The van der Waals surface area contributed by atoms with E-state index in [1.807, 2.05) is 5.32 Å². The lowest BCUT2D eigenvalue weighted by Crippen LogP contribution is -2.52. The van der Waals surface area contributed by atoms with Crippen LogP contribution in [0.2, 0.25) is 0 Å². The summed E-state index contributed by atoms with van der Waals surface area (Å²) < 4.78 is 0. The van der Waals surface area contributed by atoms with Gasteiger partial charge in [-0.2, -0.15) is 0 Å². The molecule has 0 rings (SSSR count). The lowest BCUT2D eigenvalue weighted by atomic mass is 10.1. The average Bonchev–Trinajstić information content (AvgIpc) is 2.37. The van der Waals surface area contributed by atoms with Crippen LogP contribution >= 0.6 is 0 Å². The first kappa shape index (κ1) is 19.1. The molecule has 2 atom stereocenters. The number of aliphatic carboxylic acids is 3. The highest BCUT2D eigenvalue weighted by molar-refractivity contribution is 5.85. The second kappa shape index (κ2) is 9.15. The van der Waals surface area contributed by atoms with Gasteiger partial charge in [0, 0.05) is 13.3 Å². The van der Waals surface area contributed by atoms with Gasteiger partial charge in [0.25, 0.3) is 0 Å². The molecule has 124 valence electrons. The van der Waals surface area contributed by atoms with Crippen LogP contribution < -0.4 is 16.0 Å². The summed E-state index contributed by atoms with van der Waals surface area (Å²) in [6.45, 7) is 0.633. The molecule has 0 heterocycles. The van der Waals surface area contributed by atoms with E-state index >= 15 is 0 Å². The van der Waals surface area contributed by atoms with Crippen LogP contribution in [0.5, 0.6) is 0 Å². The van der Waals surface area contributed by atoms with Crippen LogP contribution in [-0.4, -0.2) is 63.8 Å². The van der Waals surface area contributed by atoms with Crippen LogP contribution in [0.3, 0.4) is 0 Å². The number of hydrogen-bond donors (Lipinski definition) is 6. The maximum absolute atomic E-state index is 11.5. The summed E-state index contributed by atoms with van der Waals surface area (Å²) in [6.07, 6.45) is -0.785. The van der Waals surface area contributed by atoms with Gasteiger partial charge in [-0.25, -0.2) is 14.4 Å². The number of carboxylic acids is 3. The smallest absolute Gasteiger partial charge is 0.328 e. The molecule has 0 aromatic rings. The Labute approximate surface area is 124 Å². The zero-order chi connectivity index (χ0) is 17.3. The van der Waals surface area contributed by atoms with Gasteiger partial charge in [0.15, 0.2) is 0 Å². The van der Waals surface area contributed by atoms with Crippen LogP contribution in [0.25, 0.3) is 0 Å². The molecule has 11 heteroatoms. The van der Waals surface area contributed by atoms with Crippen molar-refractivity contribution in [2.24, 2.45) is 0 Å². The molecular formula is C11H17N3O8. The fourth-order valence-corrected chi connectivity index (χ4v) is 1.37. The molecule has 0 saturated heterocycles. The van der Waals surface area contributed by atoms with E-state index in [2.05, 4.69) is 10.6 Å². The fourth-order valence-electron chi connectivity index (χ4n) is 1.37. The van der Waals surface area contributed by atoms with Gasteiger partial charge < -0.3 is 31.3 Å². The van der Waals surface area contributed by atoms with Gasteiger partial charge in [0.1, 0.15) is 12.1 Å². The third kappa shape index (κ3) is 8.35. The number of urea groups is 1. The highest BCUT2D eigenvalue weighted by Crippen LogP contribution is 1.98. The maximum atomic E-state index is 11.5. The van der Waals surface area contributed by atoms with Crippen molar-refractivity contribution in [1.29, 1.82) is 0 Å². The zero-order valence-corrected chi connectivity index (χ0v) is 11.7. The molecule has 0 radical (unpaired) electrons. The molecule has 0 spiro atoms. The molecule has 0 aliphatic carbocycles. The van der Waals surface area contributed by atoms with E-state index in [4.69, 9.17) is 15.3 Å². The first-order chi connectivity index (χ1) is 10.1. The van der Waals surface area contributed by atoms with Gasteiger partial charge in [-0.1, -0.05) is 0 Å². The number of carboxylic acid groups (broad SMARTS) is 3. The van der Waals surface area contributed by atoms with Crippen molar-refractivity contribution in [3.8, 4) is 0 Å². The van der Waals surface area contributed by atoms with Gasteiger partial charge in [-0.3, -0.25) is 9.59 Å². The first-order valence-corrected chi connectivity index (χ1v) is 6.12. The van der Waals surface area contributed by atoms with Crippen molar-refractivity contribution in [1.82, 2.24) is 16.0 Å². The van der Waals surface area contributed by atoms with Crippen molar-refractivity contribution in [2.75, 3.05) is 6.54 Å². The summed E-state index contributed by atoms with van der Waals surface area (Å²) in [5, 5.41) is 32.3. The minimum Gasteiger partial charge on any atom is -0.481 e. The molecule has 0 saturated carbocycles. The van der Waals surface area contributed by atoms with Crippen molar-refractivity contribution >= 4 is 29.8 Å². The summed E-state index contributed by atoms with van der Waals surface area (Å²) in [5.41, 5.74) is 0. The van der Waals surface area contributed by atoms with Crippen molar-refractivity contribution < 1.29 is 39.3 Å². The largest absolute Gasteiger partial charge is 0.481 e. The van der Waals surface area contributed by atoms with E-state index in [0.717, 1.165) is 6.92 Å². The molecular weight excluding hydrogens is 302 g/mol. The normalized spacial score (nSPS) is 12.6. The van der Waals surface area contributed by atoms with Gasteiger partial charge in [0.05, 0.1) is 6.54 Å². The number of carbonyl (C=O) groups excluding carboxylic acids is 2. The fraction of sp³-hybridized carbons (Fsp3) is 0.545. The highest BCUT2D eigenvalue weighted by atomic mass is 16.4. The molecule has 11 nitrogen and oxygen atoms in total. The quantitative estimate of drug-likeness (QED) is 0.287. The Morgan fingerprint density at radius 3 is 1.86 bits per heavy atom. The predicted octanol–water partition coefficient (Wildman–Crippen LogP) is -1.81. The van der Waals surface area contributed by atoms with E-state index < -0.39 is 54.9 Å². The Balaban J connectivity index is 4.44. The number of nitrogens with one attached hydrogen (secondary N) is 3. The third-order valence-corrected chi connectivity index (χ3v) is 2.39. The second-order valence-corrected chi connectivity index (χ2v) is 4.27. The van der Waals surface area contributed by atoms with E-state index in [9.17, 15) is 24.0 Å². The molecule has 0 aromatic heterocycles. The number of carbonyl (C=O) groups is 5. The average molecular weight is 319 g/mol. The molecule has 0 aromatic carbocycles. The Kier molecular flexibility index (Phi) is 7.97. The minimum atomic E-state index is -1.43. The lowest BCUT2D eigenvalue weighted by molar-refractivity contribution is -0.142. The van der Waals surface area contributed by atoms with Crippen LogP contribution in [0, 0.1) is 0 Å². The third-order valence-electron chi connectivity index (χ3n) is 2.39. The molecule has 0 aliphatic rings. The topological polar surface area (TPSA) is 182 Å². The molecule has 0 fully saturated rings. The molecule has 2 unspecified atom stereocenters. The monoisotopic (exact) mass is 319 g/mol. The summed E-state index contributed by atoms with van der Waals surface area (Å²) >= 11 is 0. The second-order valence-electron chi connectivity index (χ2n) is 4.27. The van der Waals surface area contributed by atoms with Gasteiger partial charge in [-0.05, 0) is 6.42 Å². The van der Waals surface area contributed by atoms with Crippen molar-refractivity contribution in [3.63, 3.8) is 0 Å². The molecule has 6 N–H and O–H groups in total. The first-order valence-electron chi connectivity index (χ1n) is 6.12. The molecule has 22 heavy (non-hydrogen) atoms. The zero-order valence-electron chi connectivity index (χ0n) is 11.7.